The van der Waals surface area contributed by atoms with Crippen molar-refractivity contribution in [3.8, 4) is 5.88 Å². The van der Waals surface area contributed by atoms with Crippen LogP contribution in [-0.4, -0.2) is 89.0 Å². The van der Waals surface area contributed by atoms with E-state index >= 15 is 0 Å². The summed E-state index contributed by atoms with van der Waals surface area (Å²) in [4.78, 5) is 45.4. The minimum absolute atomic E-state index is 0.0503. The molecule has 1 aromatic rings. The second kappa shape index (κ2) is 10.7. The summed E-state index contributed by atoms with van der Waals surface area (Å²) in [6, 6.07) is 3.63. The number of carbonyl (C=O) groups excluding carboxylic acids is 3. The Balaban J connectivity index is 1.05. The SMILES string of the molecule is COc1cc(C(=O)N2CCC3(CCN(C(=O)CCCC[C@@H]4SC[C@@H]5NC(=O)N[C@@H]54)C3)CC2)cc(Cl)n1. The summed E-state index contributed by atoms with van der Waals surface area (Å²) < 4.78 is 5.14. The molecule has 4 aliphatic heterocycles. The van der Waals surface area contributed by atoms with Crippen LogP contribution < -0.4 is 15.4 Å². The quantitative estimate of drug-likeness (QED) is 0.316. The van der Waals surface area contributed by atoms with E-state index in [2.05, 4.69) is 15.6 Å². The molecule has 4 aliphatic rings. The molecule has 0 bridgehead atoms. The van der Waals surface area contributed by atoms with Crippen molar-refractivity contribution in [2.75, 3.05) is 39.0 Å². The number of pyridine rings is 1. The average molecular weight is 536 g/mol. The largest absolute Gasteiger partial charge is 0.481 e. The van der Waals surface area contributed by atoms with E-state index in [0.717, 1.165) is 57.4 Å². The number of unbranched alkanes of at least 4 members (excludes halogenated alkanes) is 1. The van der Waals surface area contributed by atoms with Crippen molar-refractivity contribution in [1.29, 1.82) is 0 Å². The van der Waals surface area contributed by atoms with E-state index in [9.17, 15) is 14.4 Å². The third-order valence-electron chi connectivity index (χ3n) is 8.20. The average Bonchev–Trinajstić information content (AvgIpc) is 3.56. The molecule has 0 radical (unpaired) electrons. The molecule has 196 valence electrons. The van der Waals surface area contributed by atoms with Gasteiger partial charge in [0, 0.05) is 55.2 Å². The Labute approximate surface area is 221 Å². The molecule has 0 saturated carbocycles. The number of ether oxygens (including phenoxy) is 1. The van der Waals surface area contributed by atoms with Gasteiger partial charge in [-0.25, -0.2) is 9.78 Å². The van der Waals surface area contributed by atoms with Gasteiger partial charge in [-0.3, -0.25) is 9.59 Å². The molecule has 0 unspecified atom stereocenters. The van der Waals surface area contributed by atoms with Crippen LogP contribution in [0, 0.1) is 5.41 Å². The Hall–Kier alpha value is -2.20. The van der Waals surface area contributed by atoms with E-state index in [-0.39, 0.29) is 40.5 Å². The fourth-order valence-electron chi connectivity index (χ4n) is 6.05. The number of nitrogens with zero attached hydrogens (tertiary/aromatic N) is 3. The number of thioether (sulfide) groups is 1. The van der Waals surface area contributed by atoms with Gasteiger partial charge in [-0.2, -0.15) is 11.8 Å². The number of hydrogen-bond donors (Lipinski definition) is 2. The summed E-state index contributed by atoms with van der Waals surface area (Å²) in [7, 11) is 1.50. The predicted octanol–water partition coefficient (Wildman–Crippen LogP) is 2.92. The minimum atomic E-state index is -0.0573. The summed E-state index contributed by atoms with van der Waals surface area (Å²) in [6.07, 6.45) is 6.31. The molecule has 36 heavy (non-hydrogen) atoms. The van der Waals surface area contributed by atoms with E-state index in [4.69, 9.17) is 16.3 Å². The van der Waals surface area contributed by atoms with Crippen molar-refractivity contribution >= 4 is 41.2 Å². The molecular weight excluding hydrogens is 502 g/mol. The minimum Gasteiger partial charge on any atom is -0.481 e. The topological polar surface area (TPSA) is 104 Å². The first-order valence-corrected chi connectivity index (χ1v) is 14.3. The zero-order valence-corrected chi connectivity index (χ0v) is 22.2. The van der Waals surface area contributed by atoms with Crippen molar-refractivity contribution in [2.45, 2.75) is 62.3 Å². The van der Waals surface area contributed by atoms with Crippen molar-refractivity contribution in [1.82, 2.24) is 25.4 Å². The van der Waals surface area contributed by atoms with E-state index in [1.54, 1.807) is 12.1 Å². The number of rotatable bonds is 7. The fourth-order valence-corrected chi connectivity index (χ4v) is 7.79. The smallest absolute Gasteiger partial charge is 0.315 e. The molecular formula is C25H34ClN5O4S. The van der Waals surface area contributed by atoms with Crippen molar-refractivity contribution in [3.63, 3.8) is 0 Å². The first-order chi connectivity index (χ1) is 17.4. The second-order valence-electron chi connectivity index (χ2n) is 10.4. The van der Waals surface area contributed by atoms with Crippen molar-refractivity contribution in [3.05, 3.63) is 22.8 Å². The number of fused-ring (bicyclic) bond motifs is 1. The van der Waals surface area contributed by atoms with Crippen LogP contribution in [0.3, 0.4) is 0 Å². The van der Waals surface area contributed by atoms with Crippen molar-refractivity contribution in [2.24, 2.45) is 5.41 Å². The van der Waals surface area contributed by atoms with E-state index < -0.39 is 0 Å². The second-order valence-corrected chi connectivity index (χ2v) is 12.1. The van der Waals surface area contributed by atoms with Crippen LogP contribution in [0.2, 0.25) is 5.15 Å². The highest BCUT2D eigenvalue weighted by molar-refractivity contribution is 8.00. The van der Waals surface area contributed by atoms with Gasteiger partial charge in [-0.15, -0.1) is 0 Å². The van der Waals surface area contributed by atoms with Gasteiger partial charge >= 0.3 is 6.03 Å². The fraction of sp³-hybridized carbons (Fsp3) is 0.680. The van der Waals surface area contributed by atoms with Crippen LogP contribution in [0.25, 0.3) is 0 Å². The highest BCUT2D eigenvalue weighted by Gasteiger charge is 2.44. The Morgan fingerprint density at radius 3 is 2.67 bits per heavy atom. The van der Waals surface area contributed by atoms with E-state index in [1.807, 2.05) is 21.6 Å². The molecule has 9 nitrogen and oxygen atoms in total. The molecule has 4 fully saturated rings. The van der Waals surface area contributed by atoms with Crippen LogP contribution in [0.5, 0.6) is 5.88 Å². The van der Waals surface area contributed by atoms with Gasteiger partial charge in [-0.1, -0.05) is 18.0 Å². The number of urea groups is 1. The summed E-state index contributed by atoms with van der Waals surface area (Å²) >= 11 is 7.96. The molecule has 0 aromatic carbocycles. The van der Waals surface area contributed by atoms with Crippen molar-refractivity contribution < 1.29 is 19.1 Å². The Morgan fingerprint density at radius 1 is 1.17 bits per heavy atom. The van der Waals surface area contributed by atoms with Gasteiger partial charge in [0.25, 0.3) is 5.91 Å². The lowest BCUT2D eigenvalue weighted by atomic mass is 9.77. The van der Waals surface area contributed by atoms with E-state index in [0.29, 0.717) is 36.2 Å². The number of hydrogen-bond acceptors (Lipinski definition) is 6. The molecule has 1 spiro atoms. The highest BCUT2D eigenvalue weighted by Crippen LogP contribution is 2.41. The number of nitrogens with one attached hydrogen (secondary N) is 2. The molecule has 5 rings (SSSR count). The summed E-state index contributed by atoms with van der Waals surface area (Å²) in [5.74, 6) is 1.49. The van der Waals surface area contributed by atoms with Gasteiger partial charge in [0.2, 0.25) is 11.8 Å². The monoisotopic (exact) mass is 535 g/mol. The first-order valence-electron chi connectivity index (χ1n) is 12.8. The summed E-state index contributed by atoms with van der Waals surface area (Å²) in [5, 5.41) is 6.69. The molecule has 5 heterocycles. The van der Waals surface area contributed by atoms with Crippen LogP contribution >= 0.6 is 23.4 Å². The molecule has 4 saturated heterocycles. The van der Waals surface area contributed by atoms with Gasteiger partial charge in [0.05, 0.1) is 19.2 Å². The zero-order chi connectivity index (χ0) is 25.3. The number of likely N-dealkylation sites (tertiary alicyclic amines) is 2. The maximum atomic E-state index is 13.0. The third-order valence-corrected chi connectivity index (χ3v) is 9.90. The normalized spacial score (nSPS) is 26.6. The Kier molecular flexibility index (Phi) is 7.53. The number of carbonyl (C=O) groups is 3. The standard InChI is InChI=1S/C25H34ClN5O4S/c1-35-20-13-16(12-19(26)28-20)23(33)30-9-6-25(7-10-30)8-11-31(15-25)21(32)5-3-2-4-18-22-17(14-36-18)27-24(34)29-22/h12-13,17-18,22H,2-11,14-15H2,1H3,(H2,27,29,34)/t17-,18-,22-/m0/s1. The molecule has 2 N–H and O–H groups in total. The first kappa shape index (κ1) is 25.4. The maximum Gasteiger partial charge on any atom is 0.315 e. The van der Waals surface area contributed by atoms with Crippen LogP contribution in [0.1, 0.15) is 55.3 Å². The molecule has 0 aliphatic carbocycles. The zero-order valence-electron chi connectivity index (χ0n) is 20.6. The Morgan fingerprint density at radius 2 is 1.92 bits per heavy atom. The number of piperidine rings is 1. The van der Waals surface area contributed by atoms with Gasteiger partial charge in [0.1, 0.15) is 5.15 Å². The molecule has 1 aromatic heterocycles. The summed E-state index contributed by atoms with van der Waals surface area (Å²) in [6.45, 7) is 2.96. The summed E-state index contributed by atoms with van der Waals surface area (Å²) in [5.41, 5.74) is 0.604. The number of amides is 4. The maximum absolute atomic E-state index is 13.0. The Bertz CT molecular complexity index is 1020. The predicted molar refractivity (Wildman–Crippen MR) is 139 cm³/mol. The van der Waals surface area contributed by atoms with E-state index in [1.165, 1.54) is 7.11 Å². The number of aromatic nitrogens is 1. The lowest BCUT2D eigenvalue weighted by molar-refractivity contribution is -0.130. The van der Waals surface area contributed by atoms with Gasteiger partial charge in [0.15, 0.2) is 0 Å². The molecule has 3 atom stereocenters. The highest BCUT2D eigenvalue weighted by atomic mass is 35.5. The lowest BCUT2D eigenvalue weighted by Crippen LogP contribution is -2.44. The van der Waals surface area contributed by atoms with Crippen LogP contribution in [0.4, 0.5) is 4.79 Å². The lowest BCUT2D eigenvalue weighted by Gasteiger charge is -2.39. The molecule has 11 heteroatoms. The third kappa shape index (κ3) is 5.39. The van der Waals surface area contributed by atoms with Gasteiger partial charge < -0.3 is 25.2 Å². The molecule has 4 amide bonds. The number of halogens is 1. The van der Waals surface area contributed by atoms with Crippen LogP contribution in [0.15, 0.2) is 12.1 Å². The van der Waals surface area contributed by atoms with Crippen LogP contribution in [-0.2, 0) is 4.79 Å². The van der Waals surface area contributed by atoms with Gasteiger partial charge in [-0.05, 0) is 43.6 Å². The number of methoxy groups -OCH3 is 1.